The van der Waals surface area contributed by atoms with Gasteiger partial charge in [-0.05, 0) is 12.8 Å². The minimum Gasteiger partial charge on any atom is -0.381 e. The number of rotatable bonds is 74. The topological polar surface area (TPSA) is 9.23 Å². The first-order valence-electron chi connectivity index (χ1n) is 38.0. The smallest absolute Gasteiger partial charge is 0.0466 e. The molecule has 77 heavy (non-hydrogen) atoms. The lowest BCUT2D eigenvalue weighted by Crippen LogP contribution is -1.97. The van der Waals surface area contributed by atoms with E-state index < -0.39 is 0 Å². The monoisotopic (exact) mass is 1080 g/mol. The quantitative estimate of drug-likeness (QED) is 0.0552. The Balaban J connectivity index is 3.08. The van der Waals surface area contributed by atoms with Gasteiger partial charge in [-0.15, -0.1) is 0 Å². The molecule has 1 nitrogen and oxygen atoms in total. The normalized spacial score (nSPS) is 11.8. The molecule has 0 amide bonds. The van der Waals surface area contributed by atoms with E-state index in [-0.39, 0.29) is 0 Å². The van der Waals surface area contributed by atoms with E-state index in [0.717, 1.165) is 13.2 Å². The molecule has 0 fully saturated rings. The molecule has 0 aliphatic rings. The minimum atomic E-state index is 0.999. The first-order chi connectivity index (χ1) is 38.4. The average molecular weight is 1080 g/mol. The summed E-state index contributed by atoms with van der Waals surface area (Å²) >= 11 is 0. The SMILES string of the molecule is CCCCCCCCCCCCCCCCCCCCCCCCCCCCCCCCCCCCCCOCCCCCCCCCCCCCCCCCCCCCCCCCCCCCCCCCCCCCC. The standard InChI is InChI=1S/C76H154O/c1-3-5-7-9-11-13-15-17-19-21-23-25-27-29-31-33-35-37-39-41-43-45-47-49-51-53-55-57-59-61-63-65-67-69-71-73-75-77-76-74-72-70-68-66-64-62-60-58-56-54-52-50-48-46-44-42-40-38-36-34-32-30-28-26-24-22-20-18-16-14-12-10-8-6-4-2/h3-76H2,1-2H3. The third-order valence-electron chi connectivity index (χ3n) is 18.3. The lowest BCUT2D eigenvalue weighted by Gasteiger charge is -2.06. The maximum absolute atomic E-state index is 5.98. The van der Waals surface area contributed by atoms with Crippen LogP contribution in [0.1, 0.15) is 476 Å². The number of hydrogen-bond acceptors (Lipinski definition) is 1. The van der Waals surface area contributed by atoms with Crippen LogP contribution in [0.4, 0.5) is 0 Å². The van der Waals surface area contributed by atoms with Gasteiger partial charge in [-0.2, -0.15) is 0 Å². The van der Waals surface area contributed by atoms with E-state index in [4.69, 9.17) is 4.74 Å². The molecule has 464 valence electrons. The molecule has 0 aromatic carbocycles. The van der Waals surface area contributed by atoms with Crippen LogP contribution in [-0.2, 0) is 4.74 Å². The van der Waals surface area contributed by atoms with Crippen LogP contribution in [0.2, 0.25) is 0 Å². The zero-order valence-corrected chi connectivity index (χ0v) is 54.7. The van der Waals surface area contributed by atoms with Gasteiger partial charge < -0.3 is 4.74 Å². The van der Waals surface area contributed by atoms with Crippen LogP contribution in [0.5, 0.6) is 0 Å². The third-order valence-corrected chi connectivity index (χ3v) is 18.3. The Morgan fingerprint density at radius 2 is 0.182 bits per heavy atom. The third kappa shape index (κ3) is 76.0. The van der Waals surface area contributed by atoms with Gasteiger partial charge in [-0.1, -0.05) is 463 Å². The number of ether oxygens (including phenoxy) is 1. The summed E-state index contributed by atoms with van der Waals surface area (Å²) in [6, 6.07) is 0. The van der Waals surface area contributed by atoms with E-state index in [1.165, 1.54) is 462 Å². The second-order valence-electron chi connectivity index (χ2n) is 26.4. The van der Waals surface area contributed by atoms with Crippen LogP contribution in [0.15, 0.2) is 0 Å². The molecule has 0 atom stereocenters. The van der Waals surface area contributed by atoms with Crippen molar-refractivity contribution >= 4 is 0 Å². The van der Waals surface area contributed by atoms with Gasteiger partial charge in [-0.25, -0.2) is 0 Å². The Morgan fingerprint density at radius 1 is 0.104 bits per heavy atom. The first kappa shape index (κ1) is 77.0. The molecular formula is C76H154O. The fourth-order valence-corrected chi connectivity index (χ4v) is 12.7. The van der Waals surface area contributed by atoms with E-state index in [2.05, 4.69) is 13.8 Å². The van der Waals surface area contributed by atoms with Crippen molar-refractivity contribution in [3.05, 3.63) is 0 Å². The van der Waals surface area contributed by atoms with Crippen molar-refractivity contribution in [3.63, 3.8) is 0 Å². The summed E-state index contributed by atoms with van der Waals surface area (Å²) in [5.41, 5.74) is 0. The lowest BCUT2D eigenvalue weighted by molar-refractivity contribution is 0.125. The Hall–Kier alpha value is -0.0400. The van der Waals surface area contributed by atoms with Crippen molar-refractivity contribution in [2.75, 3.05) is 13.2 Å². The molecule has 0 aliphatic carbocycles. The maximum Gasteiger partial charge on any atom is 0.0466 e. The van der Waals surface area contributed by atoms with Gasteiger partial charge in [0, 0.05) is 13.2 Å². The zero-order chi connectivity index (χ0) is 55.0. The summed E-state index contributed by atoms with van der Waals surface area (Å²) in [5, 5.41) is 0. The van der Waals surface area contributed by atoms with E-state index in [1.807, 2.05) is 0 Å². The molecular weight excluding hydrogens is 929 g/mol. The Kier molecular flexibility index (Phi) is 75.9. The minimum absolute atomic E-state index is 0.999. The van der Waals surface area contributed by atoms with Gasteiger partial charge in [0.15, 0.2) is 0 Å². The highest BCUT2D eigenvalue weighted by Crippen LogP contribution is 2.21. The van der Waals surface area contributed by atoms with Gasteiger partial charge in [0.25, 0.3) is 0 Å². The van der Waals surface area contributed by atoms with Crippen LogP contribution in [0.3, 0.4) is 0 Å². The van der Waals surface area contributed by atoms with Crippen molar-refractivity contribution in [2.24, 2.45) is 0 Å². The molecule has 0 saturated heterocycles. The summed E-state index contributed by atoms with van der Waals surface area (Å²) in [6.07, 6.45) is 106. The molecule has 0 rings (SSSR count). The molecule has 0 bridgehead atoms. The van der Waals surface area contributed by atoms with Crippen LogP contribution < -0.4 is 0 Å². The molecule has 0 heterocycles. The second kappa shape index (κ2) is 76.0. The summed E-state index contributed by atoms with van der Waals surface area (Å²) in [7, 11) is 0. The van der Waals surface area contributed by atoms with Crippen molar-refractivity contribution < 1.29 is 4.74 Å². The molecule has 0 spiro atoms. The summed E-state index contributed by atoms with van der Waals surface area (Å²) in [6.45, 7) is 6.63. The lowest BCUT2D eigenvalue weighted by atomic mass is 10.0. The zero-order valence-electron chi connectivity index (χ0n) is 54.7. The average Bonchev–Trinajstić information content (AvgIpc) is 3.44. The summed E-state index contributed by atoms with van der Waals surface area (Å²) < 4.78 is 5.98. The van der Waals surface area contributed by atoms with Gasteiger partial charge in [0.05, 0.1) is 0 Å². The second-order valence-corrected chi connectivity index (χ2v) is 26.4. The highest BCUT2D eigenvalue weighted by molar-refractivity contribution is 4.57. The highest BCUT2D eigenvalue weighted by Gasteiger charge is 2.01. The van der Waals surface area contributed by atoms with E-state index in [0.29, 0.717) is 0 Å². The summed E-state index contributed by atoms with van der Waals surface area (Å²) in [5.74, 6) is 0. The molecule has 1 heteroatoms. The number of hydrogen-bond donors (Lipinski definition) is 0. The molecule has 0 aliphatic heterocycles. The first-order valence-corrected chi connectivity index (χ1v) is 38.0. The Bertz CT molecular complexity index is 868. The van der Waals surface area contributed by atoms with Crippen molar-refractivity contribution in [1.29, 1.82) is 0 Å². The molecule has 0 saturated carbocycles. The van der Waals surface area contributed by atoms with Crippen LogP contribution in [-0.4, -0.2) is 13.2 Å². The molecule has 0 aromatic heterocycles. The fourth-order valence-electron chi connectivity index (χ4n) is 12.7. The van der Waals surface area contributed by atoms with E-state index in [1.54, 1.807) is 0 Å². The predicted octanol–water partition coefficient (Wildman–Crippen LogP) is 29.1. The van der Waals surface area contributed by atoms with Crippen molar-refractivity contribution in [3.8, 4) is 0 Å². The number of unbranched alkanes of at least 4 members (excludes halogenated alkanes) is 70. The molecule has 0 N–H and O–H groups in total. The molecule has 0 radical (unpaired) electrons. The van der Waals surface area contributed by atoms with Crippen LogP contribution in [0, 0.1) is 0 Å². The van der Waals surface area contributed by atoms with Gasteiger partial charge in [-0.3, -0.25) is 0 Å². The van der Waals surface area contributed by atoms with Crippen LogP contribution >= 0.6 is 0 Å². The van der Waals surface area contributed by atoms with Gasteiger partial charge in [0.2, 0.25) is 0 Å². The van der Waals surface area contributed by atoms with Crippen LogP contribution in [0.25, 0.3) is 0 Å². The Morgan fingerprint density at radius 3 is 0.273 bits per heavy atom. The molecule has 0 unspecified atom stereocenters. The van der Waals surface area contributed by atoms with E-state index >= 15 is 0 Å². The largest absolute Gasteiger partial charge is 0.381 e. The highest BCUT2D eigenvalue weighted by atomic mass is 16.5. The van der Waals surface area contributed by atoms with Gasteiger partial charge >= 0.3 is 0 Å². The van der Waals surface area contributed by atoms with Crippen molar-refractivity contribution in [2.45, 2.75) is 476 Å². The van der Waals surface area contributed by atoms with Crippen molar-refractivity contribution in [1.82, 2.24) is 0 Å². The fraction of sp³-hybridized carbons (Fsp3) is 1.00. The molecule has 0 aromatic rings. The van der Waals surface area contributed by atoms with Gasteiger partial charge in [0.1, 0.15) is 0 Å². The maximum atomic E-state index is 5.98. The summed E-state index contributed by atoms with van der Waals surface area (Å²) in [4.78, 5) is 0. The predicted molar refractivity (Wildman–Crippen MR) is 355 cm³/mol. The van der Waals surface area contributed by atoms with E-state index in [9.17, 15) is 0 Å². The Labute approximate surface area is 491 Å².